The van der Waals surface area contributed by atoms with E-state index in [9.17, 15) is 9.59 Å². The van der Waals surface area contributed by atoms with Crippen LogP contribution in [0.15, 0.2) is 96.3 Å². The van der Waals surface area contributed by atoms with Crippen LogP contribution in [0.1, 0.15) is 41.4 Å². The fourth-order valence-corrected chi connectivity index (χ4v) is 5.94. The van der Waals surface area contributed by atoms with Crippen molar-refractivity contribution in [1.29, 1.82) is 0 Å². The average molecular weight is 554 g/mol. The Kier molecular flexibility index (Phi) is 8.43. The summed E-state index contributed by atoms with van der Waals surface area (Å²) >= 11 is 0. The van der Waals surface area contributed by atoms with Gasteiger partial charge in [-0.3, -0.25) is 9.59 Å². The summed E-state index contributed by atoms with van der Waals surface area (Å²) in [4.78, 5) is 27.7. The molecule has 7 heteroatoms. The Morgan fingerprint density at radius 1 is 0.902 bits per heavy atom. The number of benzene rings is 3. The zero-order valence-electron chi connectivity index (χ0n) is 23.6. The minimum Gasteiger partial charge on any atom is -0.497 e. The van der Waals surface area contributed by atoms with Gasteiger partial charge in [-0.1, -0.05) is 61.2 Å². The number of ketones is 1. The molecule has 2 aliphatic rings. The van der Waals surface area contributed by atoms with Gasteiger partial charge in [0, 0.05) is 41.3 Å². The molecule has 1 aliphatic carbocycles. The fourth-order valence-electron chi connectivity index (χ4n) is 5.94. The Hall–Kier alpha value is -4.52. The molecule has 1 N–H and O–H groups in total. The maximum atomic E-state index is 14.0. The van der Waals surface area contributed by atoms with E-state index in [1.54, 1.807) is 27.4 Å². The molecule has 3 unspecified atom stereocenters. The van der Waals surface area contributed by atoms with E-state index < -0.39 is 17.8 Å². The van der Waals surface area contributed by atoms with Crippen molar-refractivity contribution in [3.63, 3.8) is 0 Å². The van der Waals surface area contributed by atoms with Crippen molar-refractivity contribution in [3.8, 4) is 17.2 Å². The molecular formula is C34H35NO6. The zero-order valence-corrected chi connectivity index (χ0v) is 23.6. The summed E-state index contributed by atoms with van der Waals surface area (Å²) in [6.45, 7) is 4.46. The smallest absolute Gasteiger partial charge is 0.315 e. The number of allylic oxidation sites excluding steroid dienone is 2. The molecule has 0 radical (unpaired) electrons. The molecule has 212 valence electrons. The summed E-state index contributed by atoms with van der Waals surface area (Å²) in [5.41, 5.74) is 4.64. The standard InChI is InChI=1S/C34H35NO6/c1-21-30(34(37)41-18-17-22-9-6-5-7-10-22)31(26-11-8-12-29(39-3)33(26)40-4)32-27(35-21)19-24(20-28(32)36)23-13-15-25(38-2)16-14-23/h5-16,24,30-31,35H,1,17-20H2,2-4H3. The first-order chi connectivity index (χ1) is 19.9. The second-order valence-corrected chi connectivity index (χ2v) is 10.3. The molecule has 0 bridgehead atoms. The van der Waals surface area contributed by atoms with Gasteiger partial charge in [-0.25, -0.2) is 0 Å². The van der Waals surface area contributed by atoms with Crippen LogP contribution >= 0.6 is 0 Å². The third-order valence-corrected chi connectivity index (χ3v) is 7.93. The number of esters is 1. The molecule has 0 amide bonds. The molecule has 7 nitrogen and oxygen atoms in total. The third-order valence-electron chi connectivity index (χ3n) is 7.93. The summed E-state index contributed by atoms with van der Waals surface area (Å²) in [6.07, 6.45) is 1.51. The third kappa shape index (κ3) is 5.71. The van der Waals surface area contributed by atoms with E-state index in [-0.39, 0.29) is 18.3 Å². The first-order valence-electron chi connectivity index (χ1n) is 13.7. The number of para-hydroxylation sites is 1. The highest BCUT2D eigenvalue weighted by atomic mass is 16.5. The Labute approximate surface area is 240 Å². The minimum absolute atomic E-state index is 0.0188. The predicted octanol–water partition coefficient (Wildman–Crippen LogP) is 5.72. The Morgan fingerprint density at radius 2 is 1.66 bits per heavy atom. The van der Waals surface area contributed by atoms with Crippen LogP contribution in [0.3, 0.4) is 0 Å². The van der Waals surface area contributed by atoms with E-state index in [0.717, 1.165) is 22.6 Å². The number of rotatable bonds is 9. The molecule has 1 aliphatic heterocycles. The van der Waals surface area contributed by atoms with Crippen LogP contribution in [0, 0.1) is 5.92 Å². The second-order valence-electron chi connectivity index (χ2n) is 10.3. The van der Waals surface area contributed by atoms with Crippen molar-refractivity contribution >= 4 is 11.8 Å². The average Bonchev–Trinajstić information content (AvgIpc) is 3.00. The Balaban J connectivity index is 1.51. The molecule has 0 fully saturated rings. The molecule has 1 heterocycles. The molecule has 3 aromatic carbocycles. The SMILES string of the molecule is C=C1NC2=C(C(=O)CC(c3ccc(OC)cc3)C2)C(c2cccc(OC)c2OC)C1C(=O)OCCc1ccccc1. The topological polar surface area (TPSA) is 83.1 Å². The lowest BCUT2D eigenvalue weighted by Gasteiger charge is -2.40. The summed E-state index contributed by atoms with van der Waals surface area (Å²) < 4.78 is 22.5. The molecule has 0 saturated carbocycles. The summed E-state index contributed by atoms with van der Waals surface area (Å²) in [7, 11) is 4.75. The highest BCUT2D eigenvalue weighted by Crippen LogP contribution is 2.50. The van der Waals surface area contributed by atoms with Gasteiger partial charge in [0.25, 0.3) is 0 Å². The van der Waals surface area contributed by atoms with Crippen LogP contribution in [0.2, 0.25) is 0 Å². The van der Waals surface area contributed by atoms with E-state index in [4.69, 9.17) is 18.9 Å². The zero-order chi connectivity index (χ0) is 28.9. The Bertz CT molecular complexity index is 1460. The van der Waals surface area contributed by atoms with Crippen LogP contribution < -0.4 is 19.5 Å². The Morgan fingerprint density at radius 3 is 2.34 bits per heavy atom. The largest absolute Gasteiger partial charge is 0.497 e. The van der Waals surface area contributed by atoms with Gasteiger partial charge in [0.1, 0.15) is 11.7 Å². The van der Waals surface area contributed by atoms with Crippen molar-refractivity contribution < 1.29 is 28.5 Å². The van der Waals surface area contributed by atoms with Crippen molar-refractivity contribution in [2.45, 2.75) is 31.1 Å². The maximum absolute atomic E-state index is 14.0. The van der Waals surface area contributed by atoms with Crippen LogP contribution in [-0.4, -0.2) is 39.7 Å². The summed E-state index contributed by atoms with van der Waals surface area (Å²) in [5, 5.41) is 3.34. The summed E-state index contributed by atoms with van der Waals surface area (Å²) in [5.74, 6) is -0.188. The van der Waals surface area contributed by atoms with Crippen LogP contribution in [0.25, 0.3) is 0 Å². The van der Waals surface area contributed by atoms with Gasteiger partial charge >= 0.3 is 5.97 Å². The predicted molar refractivity (Wildman–Crippen MR) is 156 cm³/mol. The number of hydrogen-bond acceptors (Lipinski definition) is 7. The van der Waals surface area contributed by atoms with E-state index in [1.807, 2.05) is 66.7 Å². The monoisotopic (exact) mass is 553 g/mol. The number of hydrogen-bond donors (Lipinski definition) is 1. The van der Waals surface area contributed by atoms with Crippen LogP contribution in [0.5, 0.6) is 17.2 Å². The number of carbonyl (C=O) groups excluding carboxylic acids is 2. The maximum Gasteiger partial charge on any atom is 0.315 e. The minimum atomic E-state index is -0.827. The number of methoxy groups -OCH3 is 3. The van der Waals surface area contributed by atoms with Gasteiger partial charge in [0.05, 0.1) is 27.9 Å². The van der Waals surface area contributed by atoms with Gasteiger partial charge in [0.2, 0.25) is 0 Å². The van der Waals surface area contributed by atoms with Crippen molar-refractivity contribution in [1.82, 2.24) is 5.32 Å². The van der Waals surface area contributed by atoms with Crippen LogP contribution in [-0.2, 0) is 20.7 Å². The normalized spacial score (nSPS) is 20.1. The lowest BCUT2D eigenvalue weighted by Crippen LogP contribution is -2.42. The van der Waals surface area contributed by atoms with Gasteiger partial charge in [-0.2, -0.15) is 0 Å². The van der Waals surface area contributed by atoms with E-state index in [1.165, 1.54) is 0 Å². The van der Waals surface area contributed by atoms with E-state index in [2.05, 4.69) is 11.9 Å². The first kappa shape index (κ1) is 28.0. The number of nitrogens with one attached hydrogen (secondary N) is 1. The number of Topliss-reactive ketones (excluding diaryl/α,β-unsaturated/α-hetero) is 1. The molecule has 3 atom stereocenters. The number of ether oxygens (including phenoxy) is 4. The van der Waals surface area contributed by atoms with E-state index >= 15 is 0 Å². The first-order valence-corrected chi connectivity index (χ1v) is 13.7. The molecular weight excluding hydrogens is 518 g/mol. The van der Waals surface area contributed by atoms with Gasteiger partial charge in [-0.15, -0.1) is 0 Å². The number of carbonyl (C=O) groups is 2. The molecule has 3 aromatic rings. The van der Waals surface area contributed by atoms with Gasteiger partial charge < -0.3 is 24.3 Å². The van der Waals surface area contributed by atoms with Crippen molar-refractivity contribution in [2.24, 2.45) is 5.92 Å². The second kappa shape index (κ2) is 12.3. The van der Waals surface area contributed by atoms with Crippen molar-refractivity contribution in [3.05, 3.63) is 113 Å². The fraction of sp³-hybridized carbons (Fsp3) is 0.294. The molecule has 0 spiro atoms. The highest BCUT2D eigenvalue weighted by molar-refractivity contribution is 6.01. The van der Waals surface area contributed by atoms with Gasteiger partial charge in [-0.05, 0) is 41.7 Å². The van der Waals surface area contributed by atoms with E-state index in [0.29, 0.717) is 47.6 Å². The lowest BCUT2D eigenvalue weighted by atomic mass is 9.68. The summed E-state index contributed by atoms with van der Waals surface area (Å²) in [6, 6.07) is 23.2. The molecule has 41 heavy (non-hydrogen) atoms. The quantitative estimate of drug-likeness (QED) is 0.340. The molecule has 0 aromatic heterocycles. The molecule has 5 rings (SSSR count). The van der Waals surface area contributed by atoms with Gasteiger partial charge in [0.15, 0.2) is 17.3 Å². The molecule has 0 saturated heterocycles. The van der Waals surface area contributed by atoms with Crippen LogP contribution in [0.4, 0.5) is 0 Å². The highest BCUT2D eigenvalue weighted by Gasteiger charge is 2.46. The lowest BCUT2D eigenvalue weighted by molar-refractivity contribution is -0.147. The van der Waals surface area contributed by atoms with Crippen molar-refractivity contribution in [2.75, 3.05) is 27.9 Å².